The average molecular weight is 456 g/mol. The zero-order valence-corrected chi connectivity index (χ0v) is 18.9. The lowest BCUT2D eigenvalue weighted by atomic mass is 10.1. The Morgan fingerprint density at radius 1 is 1.13 bits per heavy atom. The van der Waals surface area contributed by atoms with Crippen LogP contribution in [0.25, 0.3) is 10.2 Å². The Labute approximate surface area is 184 Å². The fraction of sp³-hybridized carbons (Fsp3) is 0.182. The van der Waals surface area contributed by atoms with Crippen molar-refractivity contribution in [1.29, 1.82) is 0 Å². The number of sulfonamides is 1. The first-order valence-electron chi connectivity index (χ1n) is 9.52. The summed E-state index contributed by atoms with van der Waals surface area (Å²) in [5, 5.41) is 3.30. The Kier molecular flexibility index (Phi) is 5.65. The molecule has 0 aliphatic carbocycles. The second-order valence-corrected chi connectivity index (χ2v) is 10.3. The summed E-state index contributed by atoms with van der Waals surface area (Å²) in [6.07, 6.45) is 1.50. The predicted molar refractivity (Wildman–Crippen MR) is 121 cm³/mol. The van der Waals surface area contributed by atoms with Gasteiger partial charge in [-0.15, -0.1) is 0 Å². The van der Waals surface area contributed by atoms with E-state index < -0.39 is 10.0 Å². The molecule has 0 atom stereocenters. The molecule has 31 heavy (non-hydrogen) atoms. The number of fused-ring (bicyclic) bond motifs is 1. The molecule has 2 aromatic carbocycles. The summed E-state index contributed by atoms with van der Waals surface area (Å²) in [6.45, 7) is 4.15. The highest BCUT2D eigenvalue weighted by molar-refractivity contribution is 7.89. The second-order valence-electron chi connectivity index (χ2n) is 7.19. The molecule has 1 N–H and O–H groups in total. The Balaban J connectivity index is 1.50. The Bertz CT molecular complexity index is 1340. The number of carbonyl (C=O) groups excluding carboxylic acids is 1. The van der Waals surface area contributed by atoms with Gasteiger partial charge in [0.1, 0.15) is 5.76 Å². The summed E-state index contributed by atoms with van der Waals surface area (Å²) < 4.78 is 32.9. The molecule has 0 aliphatic heterocycles. The van der Waals surface area contributed by atoms with Gasteiger partial charge in [-0.1, -0.05) is 17.4 Å². The summed E-state index contributed by atoms with van der Waals surface area (Å²) in [5.41, 5.74) is 3.45. The van der Waals surface area contributed by atoms with Crippen LogP contribution in [0.1, 0.15) is 27.2 Å². The van der Waals surface area contributed by atoms with E-state index in [1.165, 1.54) is 53.2 Å². The van der Waals surface area contributed by atoms with Gasteiger partial charge in [-0.25, -0.2) is 13.4 Å². The van der Waals surface area contributed by atoms with Crippen LogP contribution in [0.2, 0.25) is 0 Å². The van der Waals surface area contributed by atoms with Gasteiger partial charge in [0.25, 0.3) is 5.91 Å². The van der Waals surface area contributed by atoms with Gasteiger partial charge in [-0.05, 0) is 67.4 Å². The van der Waals surface area contributed by atoms with Gasteiger partial charge in [-0.2, -0.15) is 4.31 Å². The number of nitrogens with zero attached hydrogens (tertiary/aromatic N) is 2. The van der Waals surface area contributed by atoms with E-state index >= 15 is 0 Å². The minimum atomic E-state index is -3.71. The van der Waals surface area contributed by atoms with Crippen LogP contribution in [0, 0.1) is 13.8 Å². The van der Waals surface area contributed by atoms with E-state index in [9.17, 15) is 13.2 Å². The molecular formula is C22H21N3O4S2. The Hall–Kier alpha value is -3.01. The monoisotopic (exact) mass is 455 g/mol. The van der Waals surface area contributed by atoms with E-state index in [0.717, 1.165) is 21.3 Å². The number of rotatable bonds is 6. The number of benzene rings is 2. The molecule has 0 saturated carbocycles. The lowest BCUT2D eigenvalue weighted by Crippen LogP contribution is -2.26. The van der Waals surface area contributed by atoms with Crippen LogP contribution < -0.4 is 5.32 Å². The molecule has 1 amide bonds. The van der Waals surface area contributed by atoms with E-state index in [-0.39, 0.29) is 17.3 Å². The van der Waals surface area contributed by atoms with Crippen molar-refractivity contribution in [3.8, 4) is 0 Å². The number of aryl methyl sites for hydroxylation is 2. The normalized spacial score (nSPS) is 11.9. The molecule has 9 heteroatoms. The van der Waals surface area contributed by atoms with Crippen LogP contribution in [0.5, 0.6) is 0 Å². The third-order valence-corrected chi connectivity index (χ3v) is 7.84. The minimum absolute atomic E-state index is 0.101. The lowest BCUT2D eigenvalue weighted by molar-refractivity contribution is 0.102. The SMILES string of the molecule is Cc1ccc2sc(NC(=O)c3ccc(S(=O)(=O)N(C)Cc4ccco4)cc3)nc2c1C. The molecular weight excluding hydrogens is 434 g/mol. The molecule has 0 bridgehead atoms. The molecule has 0 fully saturated rings. The number of hydrogen-bond donors (Lipinski definition) is 1. The Morgan fingerprint density at radius 2 is 1.87 bits per heavy atom. The Morgan fingerprint density at radius 3 is 2.55 bits per heavy atom. The highest BCUT2D eigenvalue weighted by atomic mass is 32.2. The van der Waals surface area contributed by atoms with Crippen LogP contribution in [-0.4, -0.2) is 30.7 Å². The van der Waals surface area contributed by atoms with E-state index in [2.05, 4.69) is 10.3 Å². The summed E-state index contributed by atoms with van der Waals surface area (Å²) in [5.74, 6) is 0.199. The van der Waals surface area contributed by atoms with Crippen molar-refractivity contribution in [2.75, 3.05) is 12.4 Å². The largest absolute Gasteiger partial charge is 0.468 e. The summed E-state index contributed by atoms with van der Waals surface area (Å²) in [6, 6.07) is 13.3. The van der Waals surface area contributed by atoms with Gasteiger partial charge < -0.3 is 4.42 Å². The molecule has 7 nitrogen and oxygen atoms in total. The summed E-state index contributed by atoms with van der Waals surface area (Å²) >= 11 is 1.40. The van der Waals surface area contributed by atoms with Crippen molar-refractivity contribution >= 4 is 42.6 Å². The number of hydrogen-bond acceptors (Lipinski definition) is 6. The van der Waals surface area contributed by atoms with Gasteiger partial charge in [0.2, 0.25) is 10.0 Å². The van der Waals surface area contributed by atoms with Gasteiger partial charge in [0.05, 0.1) is 27.9 Å². The van der Waals surface area contributed by atoms with Crippen molar-refractivity contribution in [3.63, 3.8) is 0 Å². The first-order valence-corrected chi connectivity index (χ1v) is 11.8. The fourth-order valence-corrected chi connectivity index (χ4v) is 5.17. The van der Waals surface area contributed by atoms with Crippen LogP contribution >= 0.6 is 11.3 Å². The molecule has 0 spiro atoms. The smallest absolute Gasteiger partial charge is 0.257 e. The van der Waals surface area contributed by atoms with Crippen molar-refractivity contribution in [2.24, 2.45) is 0 Å². The fourth-order valence-electron chi connectivity index (χ4n) is 3.11. The van der Waals surface area contributed by atoms with E-state index in [1.807, 2.05) is 26.0 Å². The van der Waals surface area contributed by atoms with Crippen LogP contribution in [-0.2, 0) is 16.6 Å². The standard InChI is InChI=1S/C22H21N3O4S2/c1-14-6-11-19-20(15(14)2)23-22(30-19)24-21(26)16-7-9-18(10-8-16)31(27,28)25(3)13-17-5-4-12-29-17/h4-12H,13H2,1-3H3,(H,23,24,26). The molecule has 0 saturated heterocycles. The summed E-state index contributed by atoms with van der Waals surface area (Å²) in [4.78, 5) is 17.3. The highest BCUT2D eigenvalue weighted by Crippen LogP contribution is 2.30. The number of furan rings is 1. The van der Waals surface area contributed by atoms with Crippen molar-refractivity contribution in [3.05, 3.63) is 77.2 Å². The maximum atomic E-state index is 12.8. The van der Waals surface area contributed by atoms with E-state index in [0.29, 0.717) is 16.5 Å². The molecule has 4 rings (SSSR count). The maximum absolute atomic E-state index is 12.8. The molecule has 0 unspecified atom stereocenters. The van der Waals surface area contributed by atoms with Crippen LogP contribution in [0.4, 0.5) is 5.13 Å². The first-order chi connectivity index (χ1) is 14.8. The van der Waals surface area contributed by atoms with Crippen molar-refractivity contribution in [1.82, 2.24) is 9.29 Å². The number of anilines is 1. The van der Waals surface area contributed by atoms with Crippen LogP contribution in [0.15, 0.2) is 64.1 Å². The third-order valence-electron chi connectivity index (χ3n) is 5.09. The quantitative estimate of drug-likeness (QED) is 0.459. The molecule has 4 aromatic rings. The van der Waals surface area contributed by atoms with Crippen LogP contribution in [0.3, 0.4) is 0 Å². The number of aromatic nitrogens is 1. The predicted octanol–water partition coefficient (Wildman–Crippen LogP) is 4.58. The summed E-state index contributed by atoms with van der Waals surface area (Å²) in [7, 11) is -2.23. The van der Waals surface area contributed by atoms with Crippen molar-refractivity contribution < 1.29 is 17.6 Å². The van der Waals surface area contributed by atoms with E-state index in [4.69, 9.17) is 4.42 Å². The van der Waals surface area contributed by atoms with Gasteiger partial charge in [0.15, 0.2) is 5.13 Å². The molecule has 0 radical (unpaired) electrons. The molecule has 0 aliphatic rings. The number of amides is 1. The number of thiazole rings is 1. The van der Waals surface area contributed by atoms with Gasteiger partial charge in [-0.3, -0.25) is 10.1 Å². The molecule has 160 valence electrons. The lowest BCUT2D eigenvalue weighted by Gasteiger charge is -2.16. The molecule has 2 heterocycles. The third kappa shape index (κ3) is 4.25. The molecule has 2 aromatic heterocycles. The average Bonchev–Trinajstić information content (AvgIpc) is 3.41. The first kappa shape index (κ1) is 21.2. The second kappa shape index (κ2) is 8.26. The number of nitrogens with one attached hydrogen (secondary N) is 1. The number of carbonyl (C=O) groups is 1. The van der Waals surface area contributed by atoms with Gasteiger partial charge >= 0.3 is 0 Å². The minimum Gasteiger partial charge on any atom is -0.468 e. The zero-order chi connectivity index (χ0) is 22.2. The zero-order valence-electron chi connectivity index (χ0n) is 17.2. The maximum Gasteiger partial charge on any atom is 0.257 e. The van der Waals surface area contributed by atoms with Crippen molar-refractivity contribution in [2.45, 2.75) is 25.3 Å². The highest BCUT2D eigenvalue weighted by Gasteiger charge is 2.22. The van der Waals surface area contributed by atoms with Gasteiger partial charge in [0, 0.05) is 12.6 Å². The van der Waals surface area contributed by atoms with E-state index in [1.54, 1.807) is 12.1 Å². The topological polar surface area (TPSA) is 92.5 Å².